The molecule has 0 spiro atoms. The van der Waals surface area contributed by atoms with Crippen LogP contribution in [0.15, 0.2) is 66.7 Å². The second-order valence-electron chi connectivity index (χ2n) is 8.81. The van der Waals surface area contributed by atoms with Gasteiger partial charge in [-0.1, -0.05) is 66.2 Å². The quantitative estimate of drug-likeness (QED) is 0.600. The molecule has 0 bridgehead atoms. The van der Waals surface area contributed by atoms with E-state index in [9.17, 15) is 14.4 Å². The van der Waals surface area contributed by atoms with Crippen molar-refractivity contribution in [3.63, 3.8) is 0 Å². The lowest BCUT2D eigenvalue weighted by molar-refractivity contribution is -0.147. The van der Waals surface area contributed by atoms with Crippen LogP contribution in [-0.2, 0) is 20.8 Å². The molecule has 3 amide bonds. The van der Waals surface area contributed by atoms with Crippen LogP contribution in [0.4, 0.5) is 0 Å². The molecule has 1 aliphatic rings. The van der Waals surface area contributed by atoms with Crippen LogP contribution >= 0.6 is 11.6 Å². The summed E-state index contributed by atoms with van der Waals surface area (Å²) in [7, 11) is 0. The third-order valence-corrected chi connectivity index (χ3v) is 6.82. The van der Waals surface area contributed by atoms with Crippen molar-refractivity contribution in [2.45, 2.75) is 44.8 Å². The van der Waals surface area contributed by atoms with Gasteiger partial charge in [0.15, 0.2) is 0 Å². The first kappa shape index (κ1) is 23.8. The van der Waals surface area contributed by atoms with Gasteiger partial charge in [0, 0.05) is 31.0 Å². The standard InChI is InChI=1S/C27H28ClN3O3/c1-17-13-14-30(27(34)25(31(17)18(2)32)21-10-6-11-22(28)15-21)24(26(29)33)16-20-9-5-8-19-7-3-4-12-23(19)20/h3-12,15,17,24-25H,13-14,16H2,1-2H3,(H2,29,33). The maximum absolute atomic E-state index is 14.0. The lowest BCUT2D eigenvalue weighted by Crippen LogP contribution is -2.52. The van der Waals surface area contributed by atoms with Crippen LogP contribution in [0.5, 0.6) is 0 Å². The molecule has 34 heavy (non-hydrogen) atoms. The van der Waals surface area contributed by atoms with E-state index >= 15 is 0 Å². The zero-order valence-corrected chi connectivity index (χ0v) is 20.0. The monoisotopic (exact) mass is 477 g/mol. The molecule has 3 unspecified atom stereocenters. The normalized spacial score (nSPS) is 19.7. The number of carbonyl (C=O) groups excluding carboxylic acids is 3. The summed E-state index contributed by atoms with van der Waals surface area (Å²) in [5.74, 6) is -1.11. The van der Waals surface area contributed by atoms with Crippen molar-refractivity contribution in [1.82, 2.24) is 9.80 Å². The Balaban J connectivity index is 1.77. The Morgan fingerprint density at radius 1 is 1.09 bits per heavy atom. The largest absolute Gasteiger partial charge is 0.368 e. The van der Waals surface area contributed by atoms with Crippen LogP contribution in [0.25, 0.3) is 10.8 Å². The molecule has 176 valence electrons. The Morgan fingerprint density at radius 3 is 2.50 bits per heavy atom. The van der Waals surface area contributed by atoms with Crippen molar-refractivity contribution in [2.24, 2.45) is 5.73 Å². The van der Waals surface area contributed by atoms with E-state index in [1.165, 1.54) is 6.92 Å². The van der Waals surface area contributed by atoms with Gasteiger partial charge in [0.1, 0.15) is 12.1 Å². The Hall–Kier alpha value is -3.38. The van der Waals surface area contributed by atoms with Gasteiger partial charge in [0.2, 0.25) is 11.8 Å². The summed E-state index contributed by atoms with van der Waals surface area (Å²) in [5, 5.41) is 2.54. The number of hydrogen-bond donors (Lipinski definition) is 1. The summed E-state index contributed by atoms with van der Waals surface area (Å²) in [6.45, 7) is 3.69. The Kier molecular flexibility index (Phi) is 6.89. The first-order valence-corrected chi connectivity index (χ1v) is 11.8. The maximum Gasteiger partial charge on any atom is 0.250 e. The van der Waals surface area contributed by atoms with E-state index < -0.39 is 18.0 Å². The first-order chi connectivity index (χ1) is 16.3. The lowest BCUT2D eigenvalue weighted by Gasteiger charge is -2.35. The molecule has 6 nitrogen and oxygen atoms in total. The van der Waals surface area contributed by atoms with Crippen LogP contribution in [0.3, 0.4) is 0 Å². The molecular weight excluding hydrogens is 450 g/mol. The molecule has 3 aromatic rings. The van der Waals surface area contributed by atoms with Gasteiger partial charge in [-0.05, 0) is 47.4 Å². The summed E-state index contributed by atoms with van der Waals surface area (Å²) in [6.07, 6.45) is 0.820. The van der Waals surface area contributed by atoms with Crippen molar-refractivity contribution < 1.29 is 14.4 Å². The molecule has 7 heteroatoms. The van der Waals surface area contributed by atoms with E-state index in [0.29, 0.717) is 30.0 Å². The fraction of sp³-hybridized carbons (Fsp3) is 0.296. The number of nitrogens with zero attached hydrogens (tertiary/aromatic N) is 2. The highest BCUT2D eigenvalue weighted by Crippen LogP contribution is 2.33. The van der Waals surface area contributed by atoms with Crippen molar-refractivity contribution >= 4 is 40.1 Å². The number of fused-ring (bicyclic) bond motifs is 1. The highest BCUT2D eigenvalue weighted by molar-refractivity contribution is 6.30. The second kappa shape index (κ2) is 9.85. The number of halogens is 1. The molecule has 0 radical (unpaired) electrons. The zero-order chi connectivity index (χ0) is 24.4. The zero-order valence-electron chi connectivity index (χ0n) is 19.3. The summed E-state index contributed by atoms with van der Waals surface area (Å²) < 4.78 is 0. The average molecular weight is 478 g/mol. The van der Waals surface area contributed by atoms with Gasteiger partial charge in [-0.15, -0.1) is 0 Å². The molecule has 2 N–H and O–H groups in total. The fourth-order valence-corrected chi connectivity index (χ4v) is 5.13. The summed E-state index contributed by atoms with van der Waals surface area (Å²) in [5.41, 5.74) is 7.43. The van der Waals surface area contributed by atoms with Gasteiger partial charge in [0.25, 0.3) is 5.91 Å². The molecule has 4 rings (SSSR count). The molecule has 1 saturated heterocycles. The Labute approximate surface area is 204 Å². The topological polar surface area (TPSA) is 83.7 Å². The van der Waals surface area contributed by atoms with E-state index in [1.54, 1.807) is 34.1 Å². The molecule has 1 aliphatic heterocycles. The van der Waals surface area contributed by atoms with Gasteiger partial charge in [-0.3, -0.25) is 14.4 Å². The fourth-order valence-electron chi connectivity index (χ4n) is 4.93. The van der Waals surface area contributed by atoms with Crippen LogP contribution in [0.1, 0.15) is 37.4 Å². The number of amides is 3. The van der Waals surface area contributed by atoms with E-state index in [0.717, 1.165) is 16.3 Å². The second-order valence-corrected chi connectivity index (χ2v) is 9.25. The van der Waals surface area contributed by atoms with E-state index in [4.69, 9.17) is 17.3 Å². The van der Waals surface area contributed by atoms with Gasteiger partial charge in [-0.2, -0.15) is 0 Å². The van der Waals surface area contributed by atoms with Gasteiger partial charge < -0.3 is 15.5 Å². The van der Waals surface area contributed by atoms with Crippen LogP contribution in [0.2, 0.25) is 5.02 Å². The molecule has 0 aromatic heterocycles. The Bertz CT molecular complexity index is 1240. The number of hydrogen-bond acceptors (Lipinski definition) is 3. The molecule has 3 aromatic carbocycles. The highest BCUT2D eigenvalue weighted by Gasteiger charge is 2.42. The highest BCUT2D eigenvalue weighted by atomic mass is 35.5. The summed E-state index contributed by atoms with van der Waals surface area (Å²) >= 11 is 6.23. The summed E-state index contributed by atoms with van der Waals surface area (Å²) in [6, 6.07) is 18.8. The first-order valence-electron chi connectivity index (χ1n) is 11.4. The molecule has 1 fully saturated rings. The Morgan fingerprint density at radius 2 is 1.79 bits per heavy atom. The molecule has 0 aliphatic carbocycles. The van der Waals surface area contributed by atoms with Gasteiger partial charge >= 0.3 is 0 Å². The number of rotatable bonds is 5. The number of benzene rings is 3. The minimum absolute atomic E-state index is 0.207. The van der Waals surface area contributed by atoms with E-state index in [1.807, 2.05) is 49.4 Å². The van der Waals surface area contributed by atoms with Crippen LogP contribution in [-0.4, -0.2) is 46.1 Å². The van der Waals surface area contributed by atoms with Crippen molar-refractivity contribution in [2.75, 3.05) is 6.54 Å². The van der Waals surface area contributed by atoms with E-state index in [2.05, 4.69) is 0 Å². The van der Waals surface area contributed by atoms with Crippen molar-refractivity contribution in [1.29, 1.82) is 0 Å². The van der Waals surface area contributed by atoms with Crippen LogP contribution < -0.4 is 5.73 Å². The predicted octanol–water partition coefficient (Wildman–Crippen LogP) is 4.10. The minimum atomic E-state index is -0.886. The molecule has 0 saturated carbocycles. The smallest absolute Gasteiger partial charge is 0.250 e. The molecular formula is C27H28ClN3O3. The van der Waals surface area contributed by atoms with Crippen LogP contribution in [0, 0.1) is 0 Å². The van der Waals surface area contributed by atoms with Crippen molar-refractivity contribution in [3.8, 4) is 0 Å². The molecule has 1 heterocycles. The SMILES string of the molecule is CC(=O)N1C(C)CCN(C(Cc2cccc3ccccc23)C(N)=O)C(=O)C1c1cccc(Cl)c1. The van der Waals surface area contributed by atoms with Crippen molar-refractivity contribution in [3.05, 3.63) is 82.9 Å². The average Bonchev–Trinajstić information content (AvgIpc) is 2.93. The number of carbonyl (C=O) groups is 3. The number of primary amides is 1. The predicted molar refractivity (Wildman–Crippen MR) is 133 cm³/mol. The number of nitrogens with two attached hydrogens (primary N) is 1. The third kappa shape index (κ3) is 4.64. The lowest BCUT2D eigenvalue weighted by atomic mass is 9.96. The molecule has 3 atom stereocenters. The summed E-state index contributed by atoms with van der Waals surface area (Å²) in [4.78, 5) is 42.5. The minimum Gasteiger partial charge on any atom is -0.368 e. The van der Waals surface area contributed by atoms with Gasteiger partial charge in [-0.25, -0.2) is 0 Å². The maximum atomic E-state index is 14.0. The third-order valence-electron chi connectivity index (χ3n) is 6.58. The van der Waals surface area contributed by atoms with E-state index in [-0.39, 0.29) is 17.9 Å². The van der Waals surface area contributed by atoms with Gasteiger partial charge in [0.05, 0.1) is 0 Å².